The second-order valence-electron chi connectivity index (χ2n) is 6.04. The zero-order valence-electron chi connectivity index (χ0n) is 15.7. The Morgan fingerprint density at radius 1 is 1.00 bits per heavy atom. The summed E-state index contributed by atoms with van der Waals surface area (Å²) in [5.74, 6) is 0.802. The first-order chi connectivity index (χ1) is 13.5. The number of ether oxygens (including phenoxy) is 2. The highest BCUT2D eigenvalue weighted by atomic mass is 35.5. The molecule has 0 saturated heterocycles. The van der Waals surface area contributed by atoms with Crippen LogP contribution in [0.2, 0.25) is 5.02 Å². The summed E-state index contributed by atoms with van der Waals surface area (Å²) in [5, 5.41) is 6.69. The number of carbonyl (C=O) groups excluding carboxylic acids is 1. The fourth-order valence-electron chi connectivity index (χ4n) is 2.57. The van der Waals surface area contributed by atoms with E-state index in [1.54, 1.807) is 43.6 Å². The summed E-state index contributed by atoms with van der Waals surface area (Å²) in [7, 11) is 3.10. The van der Waals surface area contributed by atoms with Gasteiger partial charge in [-0.2, -0.15) is 0 Å². The molecular weight excluding hydrogens is 378 g/mol. The first kappa shape index (κ1) is 19.5. The molecule has 0 atom stereocenters. The summed E-state index contributed by atoms with van der Waals surface area (Å²) in [6, 6.07) is 14.2. The summed E-state index contributed by atoms with van der Waals surface area (Å²) in [4.78, 5) is 16.7. The van der Waals surface area contributed by atoms with Gasteiger partial charge in [0.1, 0.15) is 17.2 Å². The molecule has 0 fully saturated rings. The van der Waals surface area contributed by atoms with Crippen LogP contribution in [-0.4, -0.2) is 25.1 Å². The van der Waals surface area contributed by atoms with Gasteiger partial charge in [-0.3, -0.25) is 4.79 Å². The van der Waals surface area contributed by atoms with Crippen LogP contribution < -0.4 is 20.1 Å². The van der Waals surface area contributed by atoms with Gasteiger partial charge in [0.25, 0.3) is 5.91 Å². The third-order valence-electron chi connectivity index (χ3n) is 4.13. The van der Waals surface area contributed by atoms with Crippen LogP contribution in [0.25, 0.3) is 0 Å². The molecule has 28 heavy (non-hydrogen) atoms. The van der Waals surface area contributed by atoms with Crippen molar-refractivity contribution in [2.75, 3.05) is 24.9 Å². The zero-order valence-corrected chi connectivity index (χ0v) is 16.5. The van der Waals surface area contributed by atoms with Crippen molar-refractivity contribution in [2.24, 2.45) is 0 Å². The van der Waals surface area contributed by atoms with Gasteiger partial charge in [0.2, 0.25) is 0 Å². The van der Waals surface area contributed by atoms with Crippen LogP contribution in [-0.2, 0) is 0 Å². The highest BCUT2D eigenvalue weighted by Gasteiger charge is 2.12. The molecular formula is C21H20ClN3O3. The fraction of sp³-hybridized carbons (Fsp3) is 0.143. The average Bonchev–Trinajstić information content (AvgIpc) is 2.71. The lowest BCUT2D eigenvalue weighted by molar-refractivity contribution is 0.102. The van der Waals surface area contributed by atoms with Gasteiger partial charge in [-0.1, -0.05) is 17.7 Å². The van der Waals surface area contributed by atoms with Crippen molar-refractivity contribution < 1.29 is 14.3 Å². The molecule has 3 rings (SSSR count). The van der Waals surface area contributed by atoms with Crippen molar-refractivity contribution in [1.29, 1.82) is 0 Å². The van der Waals surface area contributed by atoms with Crippen LogP contribution in [0.5, 0.6) is 11.5 Å². The van der Waals surface area contributed by atoms with E-state index in [0.29, 0.717) is 22.2 Å². The van der Waals surface area contributed by atoms with Crippen LogP contribution in [0, 0.1) is 6.92 Å². The molecule has 0 radical (unpaired) electrons. The molecule has 2 aromatic carbocycles. The predicted molar refractivity (Wildman–Crippen MR) is 111 cm³/mol. The lowest BCUT2D eigenvalue weighted by Gasteiger charge is -2.12. The number of amides is 1. The lowest BCUT2D eigenvalue weighted by atomic mass is 10.2. The zero-order chi connectivity index (χ0) is 20.1. The van der Waals surface area contributed by atoms with Crippen molar-refractivity contribution >= 4 is 34.6 Å². The highest BCUT2D eigenvalue weighted by molar-refractivity contribution is 6.30. The van der Waals surface area contributed by atoms with Crippen molar-refractivity contribution in [3.63, 3.8) is 0 Å². The average molecular weight is 398 g/mol. The van der Waals surface area contributed by atoms with Gasteiger partial charge >= 0.3 is 0 Å². The summed E-state index contributed by atoms with van der Waals surface area (Å²) in [6.07, 6.45) is 1.60. The number of hydrogen-bond donors (Lipinski definition) is 2. The summed E-state index contributed by atoms with van der Waals surface area (Å²) in [5.41, 5.74) is 3.51. The Hall–Kier alpha value is -3.25. The molecule has 0 aliphatic rings. The molecule has 0 bridgehead atoms. The SMILES string of the molecule is COc1ccc(NC(=O)c2ccc(Nc3cc(Cl)ccc3C)cn2)c(OC)c1. The van der Waals surface area contributed by atoms with Gasteiger partial charge in [0.15, 0.2) is 0 Å². The Labute approximate surface area is 168 Å². The minimum absolute atomic E-state index is 0.284. The lowest BCUT2D eigenvalue weighted by Crippen LogP contribution is -2.14. The molecule has 0 aliphatic heterocycles. The number of carbonyl (C=O) groups is 1. The van der Waals surface area contributed by atoms with Gasteiger partial charge in [-0.05, 0) is 48.9 Å². The minimum atomic E-state index is -0.339. The molecule has 1 aromatic heterocycles. The van der Waals surface area contributed by atoms with E-state index < -0.39 is 0 Å². The van der Waals surface area contributed by atoms with Crippen LogP contribution >= 0.6 is 11.6 Å². The molecule has 0 aliphatic carbocycles. The number of nitrogens with zero attached hydrogens (tertiary/aromatic N) is 1. The molecule has 0 unspecified atom stereocenters. The summed E-state index contributed by atoms with van der Waals surface area (Å²) in [6.45, 7) is 1.98. The second-order valence-corrected chi connectivity index (χ2v) is 6.47. The third-order valence-corrected chi connectivity index (χ3v) is 4.37. The van der Waals surface area contributed by atoms with E-state index in [0.717, 1.165) is 16.9 Å². The van der Waals surface area contributed by atoms with Crippen molar-refractivity contribution in [3.05, 3.63) is 71.0 Å². The maximum absolute atomic E-state index is 12.5. The summed E-state index contributed by atoms with van der Waals surface area (Å²) < 4.78 is 10.5. The van der Waals surface area contributed by atoms with Gasteiger partial charge in [-0.25, -0.2) is 4.98 Å². The van der Waals surface area contributed by atoms with Crippen LogP contribution in [0.1, 0.15) is 16.1 Å². The van der Waals surface area contributed by atoms with Gasteiger partial charge in [0, 0.05) is 16.8 Å². The molecule has 1 amide bonds. The number of nitrogens with one attached hydrogen (secondary N) is 2. The Kier molecular flexibility index (Phi) is 6.01. The standard InChI is InChI=1S/C21H20ClN3O3/c1-13-4-5-14(22)10-19(13)24-15-6-8-18(23-12-15)21(26)25-17-9-7-16(27-2)11-20(17)28-3/h4-12,24H,1-3H3,(H,25,26). The van der Waals surface area contributed by atoms with Gasteiger partial charge in [0.05, 0.1) is 31.8 Å². The quantitative estimate of drug-likeness (QED) is 0.608. The smallest absolute Gasteiger partial charge is 0.274 e. The van der Waals surface area contributed by atoms with E-state index in [9.17, 15) is 4.79 Å². The number of hydrogen-bond acceptors (Lipinski definition) is 5. The van der Waals surface area contributed by atoms with Crippen molar-refractivity contribution in [3.8, 4) is 11.5 Å². The Morgan fingerprint density at radius 3 is 2.50 bits per heavy atom. The largest absolute Gasteiger partial charge is 0.497 e. The maximum Gasteiger partial charge on any atom is 0.274 e. The normalized spacial score (nSPS) is 10.3. The second kappa shape index (κ2) is 8.63. The molecule has 1 heterocycles. The Balaban J connectivity index is 1.73. The topological polar surface area (TPSA) is 72.5 Å². The molecule has 144 valence electrons. The van der Waals surface area contributed by atoms with E-state index in [4.69, 9.17) is 21.1 Å². The van der Waals surface area contributed by atoms with Crippen LogP contribution in [0.15, 0.2) is 54.7 Å². The summed E-state index contributed by atoms with van der Waals surface area (Å²) >= 11 is 6.04. The molecule has 6 nitrogen and oxygen atoms in total. The van der Waals surface area contributed by atoms with Crippen LogP contribution in [0.3, 0.4) is 0 Å². The molecule has 3 aromatic rings. The van der Waals surface area contributed by atoms with Crippen LogP contribution in [0.4, 0.5) is 17.1 Å². The third kappa shape index (κ3) is 4.53. The number of halogens is 1. The number of methoxy groups -OCH3 is 2. The van der Waals surface area contributed by atoms with E-state index >= 15 is 0 Å². The minimum Gasteiger partial charge on any atom is -0.497 e. The number of pyridine rings is 1. The van der Waals surface area contributed by atoms with Gasteiger partial charge in [-0.15, -0.1) is 0 Å². The maximum atomic E-state index is 12.5. The van der Waals surface area contributed by atoms with E-state index in [1.807, 2.05) is 25.1 Å². The van der Waals surface area contributed by atoms with Gasteiger partial charge < -0.3 is 20.1 Å². The number of aromatic nitrogens is 1. The Morgan fingerprint density at radius 2 is 1.82 bits per heavy atom. The highest BCUT2D eigenvalue weighted by Crippen LogP contribution is 2.29. The van der Waals surface area contributed by atoms with Crippen molar-refractivity contribution in [2.45, 2.75) is 6.92 Å². The monoisotopic (exact) mass is 397 g/mol. The Bertz CT molecular complexity index is 991. The molecule has 0 saturated carbocycles. The number of anilines is 3. The number of aryl methyl sites for hydroxylation is 1. The first-order valence-electron chi connectivity index (χ1n) is 8.53. The van der Waals surface area contributed by atoms with E-state index in [-0.39, 0.29) is 11.6 Å². The van der Waals surface area contributed by atoms with E-state index in [1.165, 1.54) is 7.11 Å². The van der Waals surface area contributed by atoms with E-state index in [2.05, 4.69) is 15.6 Å². The molecule has 2 N–H and O–H groups in total. The first-order valence-corrected chi connectivity index (χ1v) is 8.90. The fourth-order valence-corrected chi connectivity index (χ4v) is 2.75. The van der Waals surface area contributed by atoms with Crippen molar-refractivity contribution in [1.82, 2.24) is 4.98 Å². The molecule has 7 heteroatoms. The number of benzene rings is 2. The predicted octanol–water partition coefficient (Wildman–Crippen LogP) is 5.06. The number of rotatable bonds is 6. The molecule has 0 spiro atoms.